The summed E-state index contributed by atoms with van der Waals surface area (Å²) in [7, 11) is -3.98. The third-order valence-corrected chi connectivity index (χ3v) is 11.3. The molecule has 0 bridgehead atoms. The number of fused-ring (bicyclic) bond motifs is 6. The number of benzene rings is 4. The average Bonchev–Trinajstić information content (AvgIpc) is 3.42. The highest BCUT2D eigenvalue weighted by atomic mass is 32.2. The minimum Gasteiger partial charge on any atom is -0.344 e. The predicted octanol–water partition coefficient (Wildman–Crippen LogP) is 10.4. The van der Waals surface area contributed by atoms with Crippen LogP contribution in [-0.2, 0) is 20.9 Å². The molecular weight excluding hydrogens is 625 g/mol. The number of hydrogen-bond donors (Lipinski definition) is 1. The van der Waals surface area contributed by atoms with E-state index >= 15 is 0 Å². The van der Waals surface area contributed by atoms with Crippen molar-refractivity contribution in [3.05, 3.63) is 120 Å². The maximum Gasteiger partial charge on any atom is 0.264 e. The third-order valence-electron chi connectivity index (χ3n) is 10.5. The average molecular weight is 676 g/mol. The second kappa shape index (κ2) is 14.1. The minimum absolute atomic E-state index is 0.140. The van der Waals surface area contributed by atoms with Gasteiger partial charge in [0.15, 0.2) is 5.71 Å². The molecule has 4 aromatic rings. The van der Waals surface area contributed by atoms with E-state index in [-0.39, 0.29) is 16.6 Å². The van der Waals surface area contributed by atoms with Crippen molar-refractivity contribution in [2.75, 3.05) is 23.7 Å². The standard InChI is InChI=1S/C43H50N2O3S/c1-6-7-8-16-29-44-36-27-25-32-19-12-14-21-34(32)40(36)42(2,3)38(44)23-10-9-11-24-39-43(4,5)41-35-22-15-13-20-33(35)26-28-37(41)45(39)30-17-18-31-49(46,47)48/h9-15,19-28H,6-8,16-18,29-31H2,1-5H3/p+1. The molecule has 0 saturated carbocycles. The summed E-state index contributed by atoms with van der Waals surface area (Å²) in [6.45, 7) is 13.2. The zero-order chi connectivity index (χ0) is 34.8. The fourth-order valence-corrected chi connectivity index (χ4v) is 8.73. The summed E-state index contributed by atoms with van der Waals surface area (Å²) in [5, 5.41) is 5.07. The van der Waals surface area contributed by atoms with E-state index in [0.717, 1.165) is 12.2 Å². The van der Waals surface area contributed by atoms with Crippen molar-refractivity contribution < 1.29 is 17.5 Å². The van der Waals surface area contributed by atoms with Crippen LogP contribution in [0, 0.1) is 0 Å². The maximum absolute atomic E-state index is 11.4. The van der Waals surface area contributed by atoms with Crippen LogP contribution in [0.15, 0.2) is 109 Å². The molecule has 0 radical (unpaired) electrons. The molecule has 0 amide bonds. The topological polar surface area (TPSA) is 60.6 Å². The van der Waals surface area contributed by atoms with Gasteiger partial charge in [-0.15, -0.1) is 0 Å². The van der Waals surface area contributed by atoms with Crippen molar-refractivity contribution in [2.45, 2.75) is 84.0 Å². The molecule has 6 heteroatoms. The van der Waals surface area contributed by atoms with Gasteiger partial charge in [-0.05, 0) is 72.0 Å². The van der Waals surface area contributed by atoms with Crippen LogP contribution in [0.4, 0.5) is 11.4 Å². The molecule has 49 heavy (non-hydrogen) atoms. The number of unbranched alkanes of at least 4 members (excludes halogenated alkanes) is 4. The Kier molecular flexibility index (Phi) is 10.0. The van der Waals surface area contributed by atoms with Crippen molar-refractivity contribution in [1.82, 2.24) is 0 Å². The molecule has 0 aliphatic carbocycles. The first-order valence-electron chi connectivity index (χ1n) is 17.9. The van der Waals surface area contributed by atoms with E-state index in [1.54, 1.807) is 0 Å². The summed E-state index contributed by atoms with van der Waals surface area (Å²) in [4.78, 5) is 2.55. The first-order valence-corrected chi connectivity index (χ1v) is 19.5. The fourth-order valence-electron chi connectivity index (χ4n) is 8.16. The molecule has 2 aliphatic rings. The molecule has 5 nitrogen and oxygen atoms in total. The van der Waals surface area contributed by atoms with Gasteiger partial charge in [0.05, 0.1) is 11.2 Å². The lowest BCUT2D eigenvalue weighted by Gasteiger charge is -2.27. The number of nitrogens with zero attached hydrogens (tertiary/aromatic N) is 2. The molecule has 0 saturated heterocycles. The molecule has 1 N–H and O–H groups in total. The molecule has 0 fully saturated rings. The number of hydrogen-bond acceptors (Lipinski definition) is 3. The Balaban J connectivity index is 1.33. The second-order valence-electron chi connectivity index (χ2n) is 14.6. The van der Waals surface area contributed by atoms with Gasteiger partial charge in [0, 0.05) is 47.5 Å². The summed E-state index contributed by atoms with van der Waals surface area (Å²) < 4.78 is 34.5. The quantitative estimate of drug-likeness (QED) is 0.0663. The lowest BCUT2D eigenvalue weighted by atomic mass is 9.79. The van der Waals surface area contributed by atoms with Crippen molar-refractivity contribution >= 4 is 48.7 Å². The van der Waals surface area contributed by atoms with E-state index in [1.807, 2.05) is 0 Å². The van der Waals surface area contributed by atoms with Crippen LogP contribution in [0.3, 0.4) is 0 Å². The summed E-state index contributed by atoms with van der Waals surface area (Å²) in [5.74, 6) is -0.219. The largest absolute Gasteiger partial charge is 0.344 e. The van der Waals surface area contributed by atoms with Crippen molar-refractivity contribution in [2.24, 2.45) is 0 Å². The van der Waals surface area contributed by atoms with Crippen LogP contribution in [-0.4, -0.2) is 42.1 Å². The first kappa shape index (κ1) is 34.8. The van der Waals surface area contributed by atoms with Gasteiger partial charge in [-0.2, -0.15) is 13.0 Å². The van der Waals surface area contributed by atoms with E-state index in [9.17, 15) is 13.0 Å². The Morgan fingerprint density at radius 2 is 1.41 bits per heavy atom. The van der Waals surface area contributed by atoms with Gasteiger partial charge in [0.2, 0.25) is 5.69 Å². The molecule has 256 valence electrons. The first-order chi connectivity index (χ1) is 23.4. The Morgan fingerprint density at radius 1 is 0.735 bits per heavy atom. The third kappa shape index (κ3) is 6.91. The van der Waals surface area contributed by atoms with Crippen LogP contribution < -0.4 is 4.90 Å². The highest BCUT2D eigenvalue weighted by Crippen LogP contribution is 2.51. The molecule has 2 aliphatic heterocycles. The molecule has 6 rings (SSSR count). The monoisotopic (exact) mass is 675 g/mol. The zero-order valence-corrected chi connectivity index (χ0v) is 30.6. The fraction of sp³-hybridized carbons (Fsp3) is 0.372. The second-order valence-corrected chi connectivity index (χ2v) is 16.2. The normalized spacial score (nSPS) is 17.8. The van der Waals surface area contributed by atoms with E-state index in [2.05, 4.69) is 147 Å². The van der Waals surface area contributed by atoms with Gasteiger partial charge in [0.1, 0.15) is 6.54 Å². The predicted molar refractivity (Wildman–Crippen MR) is 207 cm³/mol. The smallest absolute Gasteiger partial charge is 0.264 e. The molecule has 0 unspecified atom stereocenters. The minimum atomic E-state index is -3.98. The van der Waals surface area contributed by atoms with Crippen LogP contribution in [0.1, 0.15) is 84.3 Å². The molecule has 0 aromatic heterocycles. The van der Waals surface area contributed by atoms with Gasteiger partial charge < -0.3 is 4.90 Å². The number of anilines is 1. The molecule has 4 aromatic carbocycles. The van der Waals surface area contributed by atoms with Gasteiger partial charge >= 0.3 is 0 Å². The lowest BCUT2D eigenvalue weighted by Crippen LogP contribution is -2.28. The van der Waals surface area contributed by atoms with E-state index in [4.69, 9.17) is 0 Å². The van der Waals surface area contributed by atoms with Gasteiger partial charge in [0.25, 0.3) is 10.1 Å². The van der Waals surface area contributed by atoms with Crippen molar-refractivity contribution in [3.63, 3.8) is 0 Å². The van der Waals surface area contributed by atoms with Gasteiger partial charge in [-0.1, -0.05) is 113 Å². The Labute approximate surface area is 293 Å². The number of allylic oxidation sites excluding steroid dienone is 6. The molecule has 0 atom stereocenters. The molecular formula is C43H51N2O3S+. The summed E-state index contributed by atoms with van der Waals surface area (Å²) in [6, 6.07) is 26.2. The zero-order valence-electron chi connectivity index (χ0n) is 29.7. The highest BCUT2D eigenvalue weighted by molar-refractivity contribution is 7.85. The van der Waals surface area contributed by atoms with E-state index in [0.29, 0.717) is 19.4 Å². The van der Waals surface area contributed by atoms with Crippen LogP contribution in [0.5, 0.6) is 0 Å². The molecule has 0 spiro atoms. The maximum atomic E-state index is 11.4. The summed E-state index contributed by atoms with van der Waals surface area (Å²) >= 11 is 0. The molecule has 2 heterocycles. The van der Waals surface area contributed by atoms with Gasteiger partial charge in [-0.3, -0.25) is 4.55 Å². The van der Waals surface area contributed by atoms with Crippen LogP contribution >= 0.6 is 0 Å². The van der Waals surface area contributed by atoms with E-state index in [1.165, 1.54) is 75.5 Å². The Hall–Kier alpha value is -4.00. The summed E-state index contributed by atoms with van der Waals surface area (Å²) in [5.41, 5.74) is 7.31. The van der Waals surface area contributed by atoms with Crippen LogP contribution in [0.25, 0.3) is 21.5 Å². The lowest BCUT2D eigenvalue weighted by molar-refractivity contribution is -0.438. The van der Waals surface area contributed by atoms with E-state index < -0.39 is 10.1 Å². The SMILES string of the molecule is CCCCCCN1/C(=C/C=C/C=C/C2=[N+](CCCCS(=O)(=O)O)c3ccc4ccccc4c3C2(C)C)C(C)(C)c2c1ccc1ccccc21. The Morgan fingerprint density at radius 3 is 2.10 bits per heavy atom. The highest BCUT2D eigenvalue weighted by Gasteiger charge is 2.45. The summed E-state index contributed by atoms with van der Waals surface area (Å²) in [6.07, 6.45) is 16.9. The Bertz CT molecular complexity index is 2100. The van der Waals surface area contributed by atoms with Crippen molar-refractivity contribution in [1.29, 1.82) is 0 Å². The van der Waals surface area contributed by atoms with Crippen molar-refractivity contribution in [3.8, 4) is 0 Å². The number of rotatable bonds is 13. The van der Waals surface area contributed by atoms with Gasteiger partial charge in [-0.25, -0.2) is 0 Å². The van der Waals surface area contributed by atoms with Crippen LogP contribution in [0.2, 0.25) is 0 Å².